The standard InChI is InChI=1S/C20H25N3O3S/c1-13-11-21-18(14(2)19(13)26-15(3)25-10-9-24-4)12-27-20-22-16-7-5-6-8-17(16)23-20/h5-8,11,15H,9-10,12H2,1-4H3,(H,22,23). The van der Waals surface area contributed by atoms with Crippen molar-refractivity contribution in [2.24, 2.45) is 0 Å². The van der Waals surface area contributed by atoms with Crippen LogP contribution in [0.1, 0.15) is 23.7 Å². The van der Waals surface area contributed by atoms with Crippen LogP contribution in [-0.4, -0.2) is 41.6 Å². The highest BCUT2D eigenvalue weighted by Crippen LogP contribution is 2.30. The van der Waals surface area contributed by atoms with Gasteiger partial charge in [0.1, 0.15) is 5.75 Å². The summed E-state index contributed by atoms with van der Waals surface area (Å²) in [6.45, 7) is 6.95. The summed E-state index contributed by atoms with van der Waals surface area (Å²) in [6.07, 6.45) is 1.49. The summed E-state index contributed by atoms with van der Waals surface area (Å²) in [4.78, 5) is 12.5. The Kier molecular flexibility index (Phi) is 6.71. The van der Waals surface area contributed by atoms with Crippen LogP contribution >= 0.6 is 11.8 Å². The molecule has 0 radical (unpaired) electrons. The van der Waals surface area contributed by atoms with E-state index in [9.17, 15) is 0 Å². The van der Waals surface area contributed by atoms with E-state index < -0.39 is 0 Å². The van der Waals surface area contributed by atoms with Gasteiger partial charge < -0.3 is 19.2 Å². The Bertz CT molecular complexity index is 864. The number of hydrogen-bond donors (Lipinski definition) is 1. The molecule has 3 rings (SSSR count). The maximum atomic E-state index is 6.01. The fourth-order valence-corrected chi connectivity index (χ4v) is 3.63. The van der Waals surface area contributed by atoms with Crippen LogP contribution in [0.15, 0.2) is 35.6 Å². The predicted octanol–water partition coefficient (Wildman–Crippen LogP) is 4.25. The molecule has 1 atom stereocenters. The molecule has 2 aromatic heterocycles. The van der Waals surface area contributed by atoms with Gasteiger partial charge in [0, 0.05) is 30.2 Å². The number of thioether (sulfide) groups is 1. The van der Waals surface area contributed by atoms with Crippen LogP contribution in [0.25, 0.3) is 11.0 Å². The monoisotopic (exact) mass is 387 g/mol. The second kappa shape index (κ2) is 9.21. The van der Waals surface area contributed by atoms with Crippen molar-refractivity contribution in [2.45, 2.75) is 38.0 Å². The van der Waals surface area contributed by atoms with Gasteiger partial charge in [0.05, 0.1) is 29.9 Å². The number of imidazole rings is 1. The molecule has 7 heteroatoms. The molecule has 1 unspecified atom stereocenters. The Balaban J connectivity index is 1.68. The first-order valence-electron chi connectivity index (χ1n) is 8.88. The quantitative estimate of drug-likeness (QED) is 0.336. The lowest BCUT2D eigenvalue weighted by Crippen LogP contribution is -2.20. The summed E-state index contributed by atoms with van der Waals surface area (Å²) < 4.78 is 16.6. The van der Waals surface area contributed by atoms with Crippen LogP contribution in [0, 0.1) is 13.8 Å². The summed E-state index contributed by atoms with van der Waals surface area (Å²) in [7, 11) is 1.65. The van der Waals surface area contributed by atoms with Gasteiger partial charge in [-0.25, -0.2) is 4.98 Å². The van der Waals surface area contributed by atoms with Crippen molar-refractivity contribution in [1.29, 1.82) is 0 Å². The molecule has 0 saturated carbocycles. The molecule has 6 nitrogen and oxygen atoms in total. The second-order valence-electron chi connectivity index (χ2n) is 6.24. The third-order valence-electron chi connectivity index (χ3n) is 4.18. The van der Waals surface area contributed by atoms with E-state index in [0.717, 1.165) is 38.8 Å². The SMILES string of the molecule is COCCOC(C)Oc1c(C)cnc(CSc2nc3ccccc3[nH]2)c1C. The third kappa shape index (κ3) is 5.00. The minimum atomic E-state index is -0.351. The molecule has 0 aliphatic heterocycles. The minimum Gasteiger partial charge on any atom is -0.465 e. The van der Waals surface area contributed by atoms with Gasteiger partial charge in [0.15, 0.2) is 11.4 Å². The van der Waals surface area contributed by atoms with Crippen LogP contribution in [0.2, 0.25) is 0 Å². The summed E-state index contributed by atoms with van der Waals surface area (Å²) in [5.41, 5.74) is 5.01. The molecule has 1 N–H and O–H groups in total. The van der Waals surface area contributed by atoms with Gasteiger partial charge in [0.2, 0.25) is 0 Å². The van der Waals surface area contributed by atoms with Gasteiger partial charge in [-0.3, -0.25) is 4.98 Å². The predicted molar refractivity (Wildman–Crippen MR) is 107 cm³/mol. The van der Waals surface area contributed by atoms with Crippen molar-refractivity contribution in [3.05, 3.63) is 47.3 Å². The summed E-state index contributed by atoms with van der Waals surface area (Å²) >= 11 is 1.63. The number of aryl methyl sites for hydroxylation is 1. The molecular weight excluding hydrogens is 362 g/mol. The number of hydrogen-bond acceptors (Lipinski definition) is 6. The van der Waals surface area contributed by atoms with E-state index in [1.54, 1.807) is 18.9 Å². The Morgan fingerprint density at radius 1 is 1.19 bits per heavy atom. The Labute approximate surface area is 163 Å². The van der Waals surface area contributed by atoms with Crippen LogP contribution in [0.4, 0.5) is 0 Å². The van der Waals surface area contributed by atoms with Crippen molar-refractivity contribution in [3.8, 4) is 5.75 Å². The number of methoxy groups -OCH3 is 1. The van der Waals surface area contributed by atoms with Crippen LogP contribution in [0.5, 0.6) is 5.75 Å². The lowest BCUT2D eigenvalue weighted by atomic mass is 10.1. The average molecular weight is 388 g/mol. The number of pyridine rings is 1. The van der Waals surface area contributed by atoms with E-state index in [0.29, 0.717) is 19.0 Å². The average Bonchev–Trinajstić information content (AvgIpc) is 3.07. The number of ether oxygens (including phenoxy) is 3. The first kappa shape index (κ1) is 19.7. The molecule has 27 heavy (non-hydrogen) atoms. The highest BCUT2D eigenvalue weighted by Gasteiger charge is 2.14. The molecule has 0 amide bonds. The highest BCUT2D eigenvalue weighted by molar-refractivity contribution is 7.98. The number of nitrogens with one attached hydrogen (secondary N) is 1. The second-order valence-corrected chi connectivity index (χ2v) is 7.20. The number of aromatic nitrogens is 3. The zero-order valence-electron chi connectivity index (χ0n) is 16.1. The van der Waals surface area contributed by atoms with Crippen LogP contribution in [-0.2, 0) is 15.2 Å². The molecule has 1 aromatic carbocycles. The van der Waals surface area contributed by atoms with Gasteiger partial charge >= 0.3 is 0 Å². The van der Waals surface area contributed by atoms with Crippen molar-refractivity contribution in [1.82, 2.24) is 15.0 Å². The van der Waals surface area contributed by atoms with Crippen molar-refractivity contribution < 1.29 is 14.2 Å². The number of nitrogens with zero attached hydrogens (tertiary/aromatic N) is 2. The smallest absolute Gasteiger partial charge is 0.197 e. The molecule has 0 aliphatic rings. The first-order chi connectivity index (χ1) is 13.1. The normalized spacial score (nSPS) is 12.4. The maximum absolute atomic E-state index is 6.01. The Morgan fingerprint density at radius 2 is 2.00 bits per heavy atom. The summed E-state index contributed by atoms with van der Waals surface area (Å²) in [5, 5.41) is 0.886. The van der Waals surface area contributed by atoms with Crippen molar-refractivity contribution >= 4 is 22.8 Å². The van der Waals surface area contributed by atoms with Gasteiger partial charge in [-0.1, -0.05) is 23.9 Å². The number of para-hydroxylation sites is 2. The Morgan fingerprint density at radius 3 is 2.78 bits per heavy atom. The maximum Gasteiger partial charge on any atom is 0.197 e. The van der Waals surface area contributed by atoms with Crippen molar-refractivity contribution in [2.75, 3.05) is 20.3 Å². The highest BCUT2D eigenvalue weighted by atomic mass is 32.2. The number of benzene rings is 1. The molecule has 144 valence electrons. The van der Waals surface area contributed by atoms with E-state index in [1.807, 2.05) is 51.2 Å². The summed E-state index contributed by atoms with van der Waals surface area (Å²) in [5.74, 6) is 1.54. The lowest BCUT2D eigenvalue weighted by molar-refractivity contribution is -0.0802. The largest absolute Gasteiger partial charge is 0.465 e. The van der Waals surface area contributed by atoms with E-state index in [2.05, 4.69) is 15.0 Å². The molecule has 3 aromatic rings. The molecule has 0 bridgehead atoms. The zero-order valence-corrected chi connectivity index (χ0v) is 16.9. The van der Waals surface area contributed by atoms with Crippen LogP contribution < -0.4 is 4.74 Å². The van der Waals surface area contributed by atoms with Gasteiger partial charge in [-0.05, 0) is 32.9 Å². The fraction of sp³-hybridized carbons (Fsp3) is 0.400. The fourth-order valence-electron chi connectivity index (χ4n) is 2.72. The van der Waals surface area contributed by atoms with E-state index in [-0.39, 0.29) is 6.29 Å². The number of aromatic amines is 1. The molecule has 0 saturated heterocycles. The zero-order chi connectivity index (χ0) is 19.2. The van der Waals surface area contributed by atoms with E-state index in [1.165, 1.54) is 0 Å². The topological polar surface area (TPSA) is 69.3 Å². The van der Waals surface area contributed by atoms with Crippen molar-refractivity contribution in [3.63, 3.8) is 0 Å². The molecule has 0 fully saturated rings. The summed E-state index contributed by atoms with van der Waals surface area (Å²) in [6, 6.07) is 8.02. The van der Waals surface area contributed by atoms with Gasteiger partial charge in [-0.2, -0.15) is 0 Å². The van der Waals surface area contributed by atoms with Crippen LogP contribution in [0.3, 0.4) is 0 Å². The van der Waals surface area contributed by atoms with Gasteiger partial charge in [0.25, 0.3) is 0 Å². The van der Waals surface area contributed by atoms with Gasteiger partial charge in [-0.15, -0.1) is 0 Å². The third-order valence-corrected chi connectivity index (χ3v) is 5.07. The Hall–Kier alpha value is -2.09. The molecular formula is C20H25N3O3S. The number of fused-ring (bicyclic) bond motifs is 1. The molecule has 0 aliphatic carbocycles. The minimum absolute atomic E-state index is 0.351. The van der Waals surface area contributed by atoms with E-state index >= 15 is 0 Å². The van der Waals surface area contributed by atoms with E-state index in [4.69, 9.17) is 14.2 Å². The molecule has 0 spiro atoms. The lowest BCUT2D eigenvalue weighted by Gasteiger charge is -2.19. The molecule has 2 heterocycles. The number of H-pyrrole nitrogens is 1. The number of rotatable bonds is 9. The first-order valence-corrected chi connectivity index (χ1v) is 9.87.